The molecule has 0 saturated carbocycles. The van der Waals surface area contributed by atoms with Crippen LogP contribution in [0.4, 0.5) is 0 Å². The first-order valence-electron chi connectivity index (χ1n) is 5.83. The van der Waals surface area contributed by atoms with Crippen LogP contribution in [0.15, 0.2) is 0 Å². The van der Waals surface area contributed by atoms with Gasteiger partial charge in [0.15, 0.2) is 0 Å². The van der Waals surface area contributed by atoms with Crippen LogP contribution in [0.5, 0.6) is 0 Å². The molecular weight excluding hydrogens is 224 g/mol. The van der Waals surface area contributed by atoms with E-state index in [2.05, 4.69) is 23.8 Å². The molecule has 0 spiro atoms. The van der Waals surface area contributed by atoms with Crippen molar-refractivity contribution < 1.29 is 9.53 Å². The molecule has 1 saturated heterocycles. The van der Waals surface area contributed by atoms with Crippen molar-refractivity contribution in [2.24, 2.45) is 0 Å². The van der Waals surface area contributed by atoms with E-state index in [1.165, 1.54) is 0 Å². The summed E-state index contributed by atoms with van der Waals surface area (Å²) in [6, 6.07) is 0.187. The second-order valence-electron chi connectivity index (χ2n) is 4.12. The van der Waals surface area contributed by atoms with Gasteiger partial charge < -0.3 is 15.4 Å². The quantitative estimate of drug-likeness (QED) is 0.721. The molecule has 2 N–H and O–H groups in total. The van der Waals surface area contributed by atoms with Crippen molar-refractivity contribution in [2.75, 3.05) is 32.6 Å². The monoisotopic (exact) mass is 246 g/mol. The summed E-state index contributed by atoms with van der Waals surface area (Å²) in [6.07, 6.45) is 3.64. The number of carbonyl (C=O) groups excluding carboxylic acids is 1. The Morgan fingerprint density at radius 3 is 3.12 bits per heavy atom. The normalized spacial score (nSPS) is 22.8. The first kappa shape index (κ1) is 13.8. The van der Waals surface area contributed by atoms with Gasteiger partial charge in [0.05, 0.1) is 13.2 Å². The average Bonchev–Trinajstić information content (AvgIpc) is 2.30. The number of hydrogen-bond donors (Lipinski definition) is 2. The third-order valence-electron chi connectivity index (χ3n) is 2.71. The van der Waals surface area contributed by atoms with Gasteiger partial charge in [0.2, 0.25) is 5.91 Å². The number of carbonyl (C=O) groups is 1. The fourth-order valence-corrected chi connectivity index (χ4v) is 1.93. The van der Waals surface area contributed by atoms with E-state index in [1.807, 2.05) is 11.8 Å². The maximum absolute atomic E-state index is 11.6. The molecule has 0 radical (unpaired) electrons. The summed E-state index contributed by atoms with van der Waals surface area (Å²) in [7, 11) is 0. The van der Waals surface area contributed by atoms with E-state index in [0.29, 0.717) is 18.3 Å². The molecule has 0 aliphatic carbocycles. The van der Waals surface area contributed by atoms with Crippen LogP contribution < -0.4 is 10.6 Å². The number of hydrogen-bond acceptors (Lipinski definition) is 4. The van der Waals surface area contributed by atoms with Gasteiger partial charge in [-0.05, 0) is 12.7 Å². The number of amides is 1. The lowest BCUT2D eigenvalue weighted by Gasteiger charge is -2.23. The van der Waals surface area contributed by atoms with Gasteiger partial charge in [-0.15, -0.1) is 0 Å². The van der Waals surface area contributed by atoms with Gasteiger partial charge in [0.25, 0.3) is 0 Å². The van der Waals surface area contributed by atoms with Crippen molar-refractivity contribution in [1.29, 1.82) is 0 Å². The molecule has 1 rings (SSSR count). The number of ether oxygens (including phenoxy) is 1. The highest BCUT2D eigenvalue weighted by Crippen LogP contribution is 2.08. The molecule has 1 aliphatic rings. The van der Waals surface area contributed by atoms with Crippen LogP contribution in [0.3, 0.4) is 0 Å². The number of morpholine rings is 1. The molecule has 2 atom stereocenters. The molecule has 0 aromatic heterocycles. The number of nitrogens with one attached hydrogen (secondary N) is 2. The van der Waals surface area contributed by atoms with Gasteiger partial charge in [-0.25, -0.2) is 0 Å². The largest absolute Gasteiger partial charge is 0.378 e. The standard InChI is InChI=1S/C11H22N2O2S/c1-9(16-2)3-4-13-11(14)7-10-8-15-6-5-12-10/h9-10,12H,3-8H2,1-2H3,(H,13,14). The van der Waals surface area contributed by atoms with E-state index < -0.39 is 0 Å². The lowest BCUT2D eigenvalue weighted by atomic mass is 10.2. The minimum atomic E-state index is 0.122. The van der Waals surface area contributed by atoms with Crippen LogP contribution in [-0.4, -0.2) is 49.8 Å². The Kier molecular flexibility index (Phi) is 6.84. The molecule has 5 heteroatoms. The Hall–Kier alpha value is -0.260. The number of rotatable bonds is 6. The van der Waals surface area contributed by atoms with Gasteiger partial charge in [0, 0.05) is 30.8 Å². The summed E-state index contributed by atoms with van der Waals surface area (Å²) < 4.78 is 5.30. The predicted octanol–water partition coefficient (Wildman–Crippen LogP) is 0.623. The van der Waals surface area contributed by atoms with Crippen LogP contribution in [0.25, 0.3) is 0 Å². The SMILES string of the molecule is CSC(C)CCNC(=O)CC1COCCN1. The van der Waals surface area contributed by atoms with Crippen molar-refractivity contribution in [3.8, 4) is 0 Å². The van der Waals surface area contributed by atoms with Gasteiger partial charge >= 0.3 is 0 Å². The third kappa shape index (κ3) is 5.72. The highest BCUT2D eigenvalue weighted by atomic mass is 32.2. The zero-order chi connectivity index (χ0) is 11.8. The molecule has 94 valence electrons. The topological polar surface area (TPSA) is 50.4 Å². The first-order chi connectivity index (χ1) is 7.72. The van der Waals surface area contributed by atoms with Gasteiger partial charge in [-0.2, -0.15) is 11.8 Å². The number of thioether (sulfide) groups is 1. The van der Waals surface area contributed by atoms with E-state index >= 15 is 0 Å². The maximum atomic E-state index is 11.6. The Morgan fingerprint density at radius 2 is 2.50 bits per heavy atom. The lowest BCUT2D eigenvalue weighted by Crippen LogP contribution is -2.44. The zero-order valence-corrected chi connectivity index (χ0v) is 10.9. The van der Waals surface area contributed by atoms with Crippen molar-refractivity contribution in [3.63, 3.8) is 0 Å². The fourth-order valence-electron chi connectivity index (χ4n) is 1.58. The summed E-state index contributed by atoms with van der Waals surface area (Å²) in [5.74, 6) is 0.122. The highest BCUT2D eigenvalue weighted by Gasteiger charge is 2.16. The lowest BCUT2D eigenvalue weighted by molar-refractivity contribution is -0.122. The van der Waals surface area contributed by atoms with Gasteiger partial charge in [0.1, 0.15) is 0 Å². The smallest absolute Gasteiger partial charge is 0.221 e. The summed E-state index contributed by atoms with van der Waals surface area (Å²) in [6.45, 7) is 5.20. The van der Waals surface area contributed by atoms with Crippen molar-refractivity contribution >= 4 is 17.7 Å². The van der Waals surface area contributed by atoms with E-state index in [0.717, 1.165) is 26.1 Å². The Morgan fingerprint density at radius 1 is 1.69 bits per heavy atom. The molecule has 4 nitrogen and oxygen atoms in total. The summed E-state index contributed by atoms with van der Waals surface area (Å²) in [5, 5.41) is 6.83. The highest BCUT2D eigenvalue weighted by molar-refractivity contribution is 7.99. The van der Waals surface area contributed by atoms with Crippen molar-refractivity contribution in [1.82, 2.24) is 10.6 Å². The van der Waals surface area contributed by atoms with Crippen molar-refractivity contribution in [3.05, 3.63) is 0 Å². The van der Waals surface area contributed by atoms with E-state index in [9.17, 15) is 4.79 Å². The predicted molar refractivity (Wildman–Crippen MR) is 67.8 cm³/mol. The van der Waals surface area contributed by atoms with Crippen LogP contribution in [0.1, 0.15) is 19.8 Å². The average molecular weight is 246 g/mol. The molecule has 0 aromatic rings. The third-order valence-corrected chi connectivity index (χ3v) is 3.75. The minimum Gasteiger partial charge on any atom is -0.378 e. The molecule has 0 bridgehead atoms. The summed E-state index contributed by atoms with van der Waals surface area (Å²) in [5.41, 5.74) is 0. The molecule has 1 aliphatic heterocycles. The Labute approximate surface area is 102 Å². The second kappa shape index (κ2) is 7.92. The molecule has 0 aromatic carbocycles. The minimum absolute atomic E-state index is 0.122. The molecule has 1 amide bonds. The Bertz CT molecular complexity index is 208. The van der Waals surface area contributed by atoms with E-state index in [1.54, 1.807) is 0 Å². The second-order valence-corrected chi connectivity index (χ2v) is 5.39. The molecule has 2 unspecified atom stereocenters. The first-order valence-corrected chi connectivity index (χ1v) is 7.11. The van der Waals surface area contributed by atoms with Gasteiger partial charge in [-0.1, -0.05) is 6.92 Å². The molecule has 16 heavy (non-hydrogen) atoms. The maximum Gasteiger partial charge on any atom is 0.221 e. The van der Waals surface area contributed by atoms with Crippen LogP contribution >= 0.6 is 11.8 Å². The van der Waals surface area contributed by atoms with Crippen LogP contribution in [0, 0.1) is 0 Å². The molecule has 1 fully saturated rings. The van der Waals surface area contributed by atoms with E-state index in [-0.39, 0.29) is 11.9 Å². The molecule has 1 heterocycles. The van der Waals surface area contributed by atoms with Crippen LogP contribution in [-0.2, 0) is 9.53 Å². The van der Waals surface area contributed by atoms with Crippen molar-refractivity contribution in [2.45, 2.75) is 31.1 Å². The Balaban J connectivity index is 2.05. The zero-order valence-electron chi connectivity index (χ0n) is 10.1. The van der Waals surface area contributed by atoms with Gasteiger partial charge in [-0.3, -0.25) is 4.79 Å². The van der Waals surface area contributed by atoms with Crippen LogP contribution in [0.2, 0.25) is 0 Å². The summed E-state index contributed by atoms with van der Waals surface area (Å²) in [4.78, 5) is 11.6. The van der Waals surface area contributed by atoms with E-state index in [4.69, 9.17) is 4.74 Å². The summed E-state index contributed by atoms with van der Waals surface area (Å²) >= 11 is 1.83. The fraction of sp³-hybridized carbons (Fsp3) is 0.909. The molecular formula is C11H22N2O2S.